The van der Waals surface area contributed by atoms with Crippen molar-refractivity contribution in [2.75, 3.05) is 13.1 Å². The Labute approximate surface area is 173 Å². The Morgan fingerprint density at radius 1 is 1.14 bits per heavy atom. The second kappa shape index (κ2) is 8.35. The van der Waals surface area contributed by atoms with Gasteiger partial charge in [0, 0.05) is 25.2 Å². The normalized spacial score (nSPS) is 23.3. The topological polar surface area (TPSA) is 49.8 Å². The molecule has 1 N–H and O–H groups in total. The Kier molecular flexibility index (Phi) is 5.82. The molecule has 0 atom stereocenters. The van der Waals surface area contributed by atoms with Crippen molar-refractivity contribution in [1.82, 2.24) is 4.90 Å². The van der Waals surface area contributed by atoms with Gasteiger partial charge in [0.2, 0.25) is 0 Å². The molecule has 1 heterocycles. The number of hydrogen-bond acceptors (Lipinski definition) is 3. The molecule has 1 aliphatic heterocycles. The van der Waals surface area contributed by atoms with Gasteiger partial charge in [0.25, 0.3) is 0 Å². The zero-order valence-corrected chi connectivity index (χ0v) is 17.9. The molecule has 0 spiro atoms. The van der Waals surface area contributed by atoms with Gasteiger partial charge in [0.1, 0.15) is 5.75 Å². The van der Waals surface area contributed by atoms with E-state index in [1.54, 1.807) is 0 Å². The lowest BCUT2D eigenvalue weighted by molar-refractivity contribution is -0.147. The fraction of sp³-hybridized carbons (Fsp3) is 0.560. The van der Waals surface area contributed by atoms with Crippen molar-refractivity contribution in [1.29, 1.82) is 0 Å². The van der Waals surface area contributed by atoms with Crippen LogP contribution >= 0.6 is 0 Å². The summed E-state index contributed by atoms with van der Waals surface area (Å²) >= 11 is 0. The van der Waals surface area contributed by atoms with Crippen LogP contribution in [0.5, 0.6) is 5.75 Å². The highest BCUT2D eigenvalue weighted by Gasteiger charge is 2.33. The summed E-state index contributed by atoms with van der Waals surface area (Å²) in [5, 5.41) is 11.7. The number of carboxylic acid groups (broad SMARTS) is 1. The maximum atomic E-state index is 11.2. The Balaban J connectivity index is 1.57. The van der Waals surface area contributed by atoms with E-state index in [4.69, 9.17) is 4.74 Å². The predicted octanol–water partition coefficient (Wildman–Crippen LogP) is 5.26. The van der Waals surface area contributed by atoms with Crippen LogP contribution in [0, 0.1) is 24.7 Å². The first-order valence-corrected chi connectivity index (χ1v) is 11.1. The molecule has 2 aromatic rings. The third-order valence-electron chi connectivity index (χ3n) is 6.97. The molecule has 1 saturated heterocycles. The van der Waals surface area contributed by atoms with Gasteiger partial charge in [0.15, 0.2) is 0 Å². The van der Waals surface area contributed by atoms with Crippen molar-refractivity contribution in [2.24, 2.45) is 17.8 Å². The van der Waals surface area contributed by atoms with E-state index in [9.17, 15) is 9.90 Å². The number of carbonyl (C=O) groups is 1. The molecule has 0 bridgehead atoms. The molecular formula is C25H33NO3. The summed E-state index contributed by atoms with van der Waals surface area (Å²) in [7, 11) is 0. The first-order chi connectivity index (χ1) is 13.9. The second-order valence-electron chi connectivity index (χ2n) is 9.34. The second-order valence-corrected chi connectivity index (χ2v) is 9.34. The van der Waals surface area contributed by atoms with E-state index in [-0.39, 0.29) is 12.0 Å². The predicted molar refractivity (Wildman–Crippen MR) is 116 cm³/mol. The van der Waals surface area contributed by atoms with E-state index >= 15 is 0 Å². The lowest BCUT2D eigenvalue weighted by Gasteiger charge is -2.37. The maximum absolute atomic E-state index is 11.2. The fourth-order valence-corrected chi connectivity index (χ4v) is 4.98. The van der Waals surface area contributed by atoms with Gasteiger partial charge in [-0.25, -0.2) is 0 Å². The molecule has 1 aliphatic carbocycles. The molecule has 0 unspecified atom stereocenters. The van der Waals surface area contributed by atoms with Crippen LogP contribution in [0.15, 0.2) is 30.3 Å². The molecule has 4 heteroatoms. The number of aryl methyl sites for hydroxylation is 1. The van der Waals surface area contributed by atoms with Crippen molar-refractivity contribution in [3.8, 4) is 5.75 Å². The van der Waals surface area contributed by atoms with E-state index < -0.39 is 5.97 Å². The molecule has 1 saturated carbocycles. The van der Waals surface area contributed by atoms with Crippen molar-refractivity contribution in [3.05, 3.63) is 41.5 Å². The molecule has 4 rings (SSSR count). The molecule has 2 aliphatic rings. The first-order valence-electron chi connectivity index (χ1n) is 11.1. The van der Waals surface area contributed by atoms with E-state index in [0.29, 0.717) is 13.1 Å². The van der Waals surface area contributed by atoms with Crippen LogP contribution in [0.25, 0.3) is 10.8 Å². The van der Waals surface area contributed by atoms with E-state index in [0.717, 1.165) is 37.0 Å². The lowest BCUT2D eigenvalue weighted by Crippen LogP contribution is -2.49. The van der Waals surface area contributed by atoms with E-state index in [1.165, 1.54) is 34.7 Å². The Morgan fingerprint density at radius 2 is 1.79 bits per heavy atom. The highest BCUT2D eigenvalue weighted by atomic mass is 16.5. The third kappa shape index (κ3) is 4.28. The Hall–Kier alpha value is -2.07. The monoisotopic (exact) mass is 395 g/mol. The summed E-state index contributed by atoms with van der Waals surface area (Å²) < 4.78 is 6.60. The van der Waals surface area contributed by atoms with Gasteiger partial charge in [-0.3, -0.25) is 9.69 Å². The molecule has 29 heavy (non-hydrogen) atoms. The molecule has 4 nitrogen and oxygen atoms in total. The SMILES string of the molecule is Cc1cc(O[C@H]2CC[C@H](C(C)C)CC2)c(CN2CC(C(=O)O)C2)c2ccccc12. The summed E-state index contributed by atoms with van der Waals surface area (Å²) in [6, 6.07) is 10.7. The van der Waals surface area contributed by atoms with Crippen LogP contribution in [0.4, 0.5) is 0 Å². The smallest absolute Gasteiger partial charge is 0.309 e. The van der Waals surface area contributed by atoms with Gasteiger partial charge in [-0.2, -0.15) is 0 Å². The largest absolute Gasteiger partial charge is 0.490 e. The molecule has 156 valence electrons. The standard InChI is InChI=1S/C25H33NO3/c1-16(2)18-8-10-20(11-9-18)29-24-12-17(3)21-6-4-5-7-22(21)23(24)15-26-13-19(14-26)25(27)28/h4-7,12,16,18-20H,8-11,13-15H2,1-3H3,(H,27,28)/t18-,20-. The van der Waals surface area contributed by atoms with Gasteiger partial charge < -0.3 is 9.84 Å². The lowest BCUT2D eigenvalue weighted by atomic mass is 9.80. The first kappa shape index (κ1) is 20.2. The summed E-state index contributed by atoms with van der Waals surface area (Å²) in [5.74, 6) is 1.65. The number of nitrogens with zero attached hydrogens (tertiary/aromatic N) is 1. The number of fused-ring (bicyclic) bond motifs is 1. The average Bonchev–Trinajstić information content (AvgIpc) is 2.66. The molecule has 0 aromatic heterocycles. The van der Waals surface area contributed by atoms with Crippen molar-refractivity contribution in [2.45, 2.75) is 59.1 Å². The molecule has 2 fully saturated rings. The Bertz CT molecular complexity index is 877. The van der Waals surface area contributed by atoms with Crippen LogP contribution in [0.3, 0.4) is 0 Å². The van der Waals surface area contributed by atoms with Gasteiger partial charge in [-0.05, 0) is 66.8 Å². The number of likely N-dealkylation sites (tertiary alicyclic amines) is 1. The van der Waals surface area contributed by atoms with Crippen molar-refractivity contribution >= 4 is 16.7 Å². The quantitative estimate of drug-likeness (QED) is 0.725. The minimum atomic E-state index is -0.687. The Morgan fingerprint density at radius 3 is 2.41 bits per heavy atom. The van der Waals surface area contributed by atoms with Crippen LogP contribution in [0.1, 0.15) is 50.7 Å². The highest BCUT2D eigenvalue weighted by molar-refractivity contribution is 5.90. The zero-order chi connectivity index (χ0) is 20.5. The zero-order valence-electron chi connectivity index (χ0n) is 17.9. The molecule has 0 radical (unpaired) electrons. The maximum Gasteiger partial charge on any atom is 0.309 e. The summed E-state index contributed by atoms with van der Waals surface area (Å²) in [6.45, 7) is 8.80. The highest BCUT2D eigenvalue weighted by Crippen LogP contribution is 2.37. The van der Waals surface area contributed by atoms with Gasteiger partial charge >= 0.3 is 5.97 Å². The van der Waals surface area contributed by atoms with E-state index in [2.05, 4.69) is 56.0 Å². The number of hydrogen-bond donors (Lipinski definition) is 1. The summed E-state index contributed by atoms with van der Waals surface area (Å²) in [4.78, 5) is 13.4. The number of benzene rings is 2. The molecule has 0 amide bonds. The minimum Gasteiger partial charge on any atom is -0.490 e. The summed E-state index contributed by atoms with van der Waals surface area (Å²) in [6.07, 6.45) is 5.03. The fourth-order valence-electron chi connectivity index (χ4n) is 4.98. The van der Waals surface area contributed by atoms with Gasteiger partial charge in [0.05, 0.1) is 12.0 Å². The average molecular weight is 396 g/mol. The molecular weight excluding hydrogens is 362 g/mol. The van der Waals surface area contributed by atoms with Crippen molar-refractivity contribution in [3.63, 3.8) is 0 Å². The van der Waals surface area contributed by atoms with Gasteiger partial charge in [-0.1, -0.05) is 38.1 Å². The summed E-state index contributed by atoms with van der Waals surface area (Å²) in [5.41, 5.74) is 2.45. The van der Waals surface area contributed by atoms with Crippen molar-refractivity contribution < 1.29 is 14.6 Å². The number of aliphatic carboxylic acids is 1. The molecule has 2 aromatic carbocycles. The minimum absolute atomic E-state index is 0.234. The van der Waals surface area contributed by atoms with Crippen LogP contribution < -0.4 is 4.74 Å². The number of carboxylic acids is 1. The number of rotatable bonds is 6. The van der Waals surface area contributed by atoms with Gasteiger partial charge in [-0.15, -0.1) is 0 Å². The van der Waals surface area contributed by atoms with Crippen LogP contribution in [0.2, 0.25) is 0 Å². The van der Waals surface area contributed by atoms with Crippen LogP contribution in [-0.4, -0.2) is 35.2 Å². The van der Waals surface area contributed by atoms with Crippen LogP contribution in [-0.2, 0) is 11.3 Å². The number of ether oxygens (including phenoxy) is 1. The third-order valence-corrected chi connectivity index (χ3v) is 6.97. The van der Waals surface area contributed by atoms with E-state index in [1.807, 2.05) is 0 Å².